The topological polar surface area (TPSA) is 190 Å². The molecular formula is C32H45N3O8. The summed E-state index contributed by atoms with van der Waals surface area (Å²) in [6.45, 7) is 11.6. The molecule has 11 nitrogen and oxygen atoms in total. The minimum atomic E-state index is -2.70. The normalized spacial score (nSPS) is 41.1. The molecule has 43 heavy (non-hydrogen) atoms. The van der Waals surface area contributed by atoms with Crippen LogP contribution in [0.25, 0.3) is 0 Å². The number of Topliss-reactive ketones (excluding diaryl/α,β-unsaturated/α-hetero) is 3. The molecule has 5 rings (SSSR count). The summed E-state index contributed by atoms with van der Waals surface area (Å²) in [5.41, 5.74) is 0.607. The molecule has 0 bridgehead atoms. The van der Waals surface area contributed by atoms with Crippen LogP contribution in [-0.4, -0.2) is 92.7 Å². The number of nitrogens with zero attached hydrogens (tertiary/aromatic N) is 1. The number of aromatic hydroxyl groups is 1. The van der Waals surface area contributed by atoms with E-state index in [1.165, 1.54) is 6.07 Å². The quantitative estimate of drug-likeness (QED) is 0.242. The molecule has 11 heteroatoms. The van der Waals surface area contributed by atoms with E-state index in [1.54, 1.807) is 39.8 Å². The molecular weight excluding hydrogens is 554 g/mol. The van der Waals surface area contributed by atoms with E-state index in [1.807, 2.05) is 6.92 Å². The van der Waals surface area contributed by atoms with Gasteiger partial charge in [0.2, 0.25) is 5.91 Å². The van der Waals surface area contributed by atoms with Gasteiger partial charge in [-0.2, -0.15) is 0 Å². The average Bonchev–Trinajstić information content (AvgIpc) is 3.45. The van der Waals surface area contributed by atoms with Crippen LogP contribution in [0, 0.1) is 40.4 Å². The van der Waals surface area contributed by atoms with Crippen LogP contribution in [-0.2, 0) is 14.4 Å². The van der Waals surface area contributed by atoms with Crippen molar-refractivity contribution in [3.63, 3.8) is 0 Å². The molecule has 2 saturated carbocycles. The SMILES string of the molecule is CC(C)[C@H]1C(O)[C@@H](C(N)=O)C(=O)[C@]2(O)C(O)[C@H]3C(=O)c4c(O)cccc4[C@@H](C)[C@]3(C)[C@@H](CC(=O)CCN3CCNC3)[C@]12C. The van der Waals surface area contributed by atoms with Gasteiger partial charge in [0.05, 0.1) is 17.6 Å². The zero-order valence-electron chi connectivity index (χ0n) is 25.5. The van der Waals surface area contributed by atoms with Crippen molar-refractivity contribution in [2.45, 2.75) is 71.2 Å². The number of fused-ring (bicyclic) bond motifs is 3. The number of primary amides is 1. The number of carbonyl (C=O) groups is 4. The number of nitrogens with one attached hydrogen (secondary N) is 1. The summed E-state index contributed by atoms with van der Waals surface area (Å²) in [4.78, 5) is 57.1. The van der Waals surface area contributed by atoms with E-state index in [0.29, 0.717) is 18.8 Å². The Labute approximate surface area is 251 Å². The van der Waals surface area contributed by atoms with E-state index in [2.05, 4.69) is 10.2 Å². The molecule has 1 saturated heterocycles. The van der Waals surface area contributed by atoms with Crippen LogP contribution in [0.15, 0.2) is 18.2 Å². The van der Waals surface area contributed by atoms with E-state index in [9.17, 15) is 39.6 Å². The molecule has 0 spiro atoms. The third-order valence-electron chi connectivity index (χ3n) is 11.9. The lowest BCUT2D eigenvalue weighted by molar-refractivity contribution is -0.292. The highest BCUT2D eigenvalue weighted by molar-refractivity contribution is 6.09. The summed E-state index contributed by atoms with van der Waals surface area (Å²) < 4.78 is 0. The number of aliphatic hydroxyl groups is 3. The minimum absolute atomic E-state index is 0.00509. The van der Waals surface area contributed by atoms with Crippen LogP contribution >= 0.6 is 0 Å². The van der Waals surface area contributed by atoms with Gasteiger partial charge in [0, 0.05) is 44.6 Å². The summed E-state index contributed by atoms with van der Waals surface area (Å²) in [5.74, 6) is -9.35. The number of amides is 1. The molecule has 4 aliphatic rings. The first-order valence-electron chi connectivity index (χ1n) is 15.3. The van der Waals surface area contributed by atoms with Crippen molar-refractivity contribution < 1.29 is 39.6 Å². The first kappa shape index (κ1) is 31.7. The van der Waals surface area contributed by atoms with Crippen LogP contribution < -0.4 is 11.1 Å². The second kappa shape index (κ2) is 10.7. The number of nitrogens with two attached hydrogens (primary N) is 1. The van der Waals surface area contributed by atoms with Gasteiger partial charge in [-0.05, 0) is 40.7 Å². The molecule has 1 heterocycles. The van der Waals surface area contributed by atoms with Gasteiger partial charge in [0.15, 0.2) is 17.2 Å². The summed E-state index contributed by atoms with van der Waals surface area (Å²) in [6, 6.07) is 4.73. The zero-order valence-corrected chi connectivity index (χ0v) is 25.5. The van der Waals surface area contributed by atoms with Crippen molar-refractivity contribution in [1.82, 2.24) is 10.2 Å². The maximum absolute atomic E-state index is 14.3. The van der Waals surface area contributed by atoms with Crippen LogP contribution in [0.2, 0.25) is 0 Å². The zero-order chi connectivity index (χ0) is 31.8. The minimum Gasteiger partial charge on any atom is -0.507 e. The second-order valence-corrected chi connectivity index (χ2v) is 14.0. The van der Waals surface area contributed by atoms with Gasteiger partial charge in [-0.25, -0.2) is 0 Å². The number of rotatable bonds is 7. The van der Waals surface area contributed by atoms with E-state index in [0.717, 1.165) is 13.1 Å². The lowest BCUT2D eigenvalue weighted by atomic mass is 9.33. The van der Waals surface area contributed by atoms with Crippen LogP contribution in [0.1, 0.15) is 69.3 Å². The Balaban J connectivity index is 1.74. The maximum Gasteiger partial charge on any atom is 0.230 e. The number of carbonyl (C=O) groups excluding carboxylic acids is 4. The van der Waals surface area contributed by atoms with E-state index in [-0.39, 0.29) is 29.9 Å². The molecule has 1 aromatic rings. The smallest absolute Gasteiger partial charge is 0.230 e. The maximum atomic E-state index is 14.3. The molecule has 10 atom stereocenters. The fourth-order valence-corrected chi connectivity index (χ4v) is 9.73. The number of hydrogen-bond acceptors (Lipinski definition) is 10. The van der Waals surface area contributed by atoms with Crippen LogP contribution in [0.5, 0.6) is 5.75 Å². The number of benzene rings is 1. The third-order valence-corrected chi connectivity index (χ3v) is 11.9. The van der Waals surface area contributed by atoms with Gasteiger partial charge in [0.25, 0.3) is 0 Å². The fourth-order valence-electron chi connectivity index (χ4n) is 9.73. The number of aliphatic hydroxyl groups excluding tert-OH is 2. The molecule has 236 valence electrons. The Morgan fingerprint density at radius 1 is 1.19 bits per heavy atom. The van der Waals surface area contributed by atoms with E-state index >= 15 is 0 Å². The Morgan fingerprint density at radius 3 is 2.44 bits per heavy atom. The van der Waals surface area contributed by atoms with Crippen molar-refractivity contribution in [1.29, 1.82) is 0 Å². The molecule has 3 fully saturated rings. The van der Waals surface area contributed by atoms with E-state index in [4.69, 9.17) is 5.73 Å². The van der Waals surface area contributed by atoms with E-state index < -0.39 is 81.6 Å². The van der Waals surface area contributed by atoms with Crippen LogP contribution in [0.4, 0.5) is 0 Å². The highest BCUT2D eigenvalue weighted by Gasteiger charge is 2.80. The average molecular weight is 600 g/mol. The Hall–Kier alpha value is -2.70. The molecule has 7 N–H and O–H groups in total. The number of phenolic OH excluding ortho intramolecular Hbond substituents is 1. The van der Waals surface area contributed by atoms with Crippen molar-refractivity contribution in [3.05, 3.63) is 29.3 Å². The predicted molar refractivity (Wildman–Crippen MR) is 156 cm³/mol. The van der Waals surface area contributed by atoms with Gasteiger partial charge in [-0.15, -0.1) is 0 Å². The van der Waals surface area contributed by atoms with Gasteiger partial charge in [0.1, 0.15) is 23.6 Å². The largest absolute Gasteiger partial charge is 0.507 e. The van der Waals surface area contributed by atoms with Crippen molar-refractivity contribution in [2.24, 2.45) is 46.2 Å². The predicted octanol–water partition coefficient (Wildman–Crippen LogP) is 0.572. The van der Waals surface area contributed by atoms with Crippen molar-refractivity contribution >= 4 is 23.3 Å². The third kappa shape index (κ3) is 4.19. The lowest BCUT2D eigenvalue weighted by Crippen LogP contribution is -2.82. The van der Waals surface area contributed by atoms with Crippen molar-refractivity contribution in [3.8, 4) is 5.75 Å². The molecule has 2 unspecified atom stereocenters. The first-order chi connectivity index (χ1) is 20.1. The molecule has 3 aliphatic carbocycles. The Morgan fingerprint density at radius 2 is 1.86 bits per heavy atom. The molecule has 0 radical (unpaired) electrons. The fraction of sp³-hybridized carbons (Fsp3) is 0.688. The molecule has 1 amide bonds. The second-order valence-electron chi connectivity index (χ2n) is 14.0. The summed E-state index contributed by atoms with van der Waals surface area (Å²) in [6.07, 6.45) is -3.52. The summed E-state index contributed by atoms with van der Waals surface area (Å²) in [5, 5.41) is 50.4. The van der Waals surface area contributed by atoms with Gasteiger partial charge in [-0.3, -0.25) is 24.1 Å². The molecule has 1 aromatic carbocycles. The van der Waals surface area contributed by atoms with Crippen LogP contribution in [0.3, 0.4) is 0 Å². The molecule has 0 aromatic heterocycles. The van der Waals surface area contributed by atoms with Gasteiger partial charge < -0.3 is 31.5 Å². The number of ketones is 3. The van der Waals surface area contributed by atoms with Gasteiger partial charge >= 0.3 is 0 Å². The number of phenols is 1. The number of hydrogen-bond donors (Lipinski definition) is 6. The van der Waals surface area contributed by atoms with Crippen molar-refractivity contribution in [2.75, 3.05) is 26.3 Å². The summed E-state index contributed by atoms with van der Waals surface area (Å²) >= 11 is 0. The lowest BCUT2D eigenvalue weighted by Gasteiger charge is -2.71. The first-order valence-corrected chi connectivity index (χ1v) is 15.3. The highest BCUT2D eigenvalue weighted by atomic mass is 16.4. The molecule has 1 aliphatic heterocycles. The standard InChI is InChI=1S/C32H45N3O8/c1-15(2)23-26(39)22(29(33)42)27(40)32(43)28(41)24-25(38)21-18(7-6-8-19(21)37)16(3)30(24,4)20(31(23,32)5)13-17(36)9-11-35-12-10-34-14-35/h6-8,15-16,20,22-24,26,28,34,37,39,41,43H,9-14H2,1-5H3,(H2,33,42)/t16-,20-,22-,23+,24-,26?,28?,30-,31-,32+/m1/s1. The van der Waals surface area contributed by atoms with Gasteiger partial charge in [-0.1, -0.05) is 46.8 Å². The highest BCUT2D eigenvalue weighted by Crippen LogP contribution is 2.71. The summed E-state index contributed by atoms with van der Waals surface area (Å²) in [7, 11) is 0. The Kier molecular flexibility index (Phi) is 7.91. The Bertz CT molecular complexity index is 1340. The monoisotopic (exact) mass is 599 g/mol.